The molecule has 1 spiro atoms. The molecule has 3 rings (SSSR count). The van der Waals surface area contributed by atoms with E-state index in [9.17, 15) is 9.59 Å². The fourth-order valence-corrected chi connectivity index (χ4v) is 4.79. The highest BCUT2D eigenvalue weighted by atomic mass is 32.2. The first-order valence-corrected chi connectivity index (χ1v) is 9.30. The first-order valence-electron chi connectivity index (χ1n) is 8.48. The standard InChI is InChI=1S/C19H25NO3S/c1-13-5-6-16-14(11-13)15(21)12-19(24-16)7-9-20(10-8-19)17(22)23-18(2,3)4/h5-6,11H,7-10,12H2,1-4H3. The number of carbonyl (C=O) groups is 2. The number of rotatable bonds is 0. The molecule has 4 nitrogen and oxygen atoms in total. The molecule has 130 valence electrons. The zero-order valence-corrected chi connectivity index (χ0v) is 15.7. The molecule has 0 aromatic heterocycles. The van der Waals surface area contributed by atoms with E-state index < -0.39 is 5.60 Å². The van der Waals surface area contributed by atoms with Crippen molar-refractivity contribution in [3.63, 3.8) is 0 Å². The Kier molecular flexibility index (Phi) is 4.41. The van der Waals surface area contributed by atoms with Crippen molar-refractivity contribution in [3.05, 3.63) is 29.3 Å². The molecule has 24 heavy (non-hydrogen) atoms. The third-order valence-corrected chi connectivity index (χ3v) is 6.13. The SMILES string of the molecule is Cc1ccc2c(c1)C(=O)CC1(CCN(C(=O)OC(C)(C)C)CC1)S2. The van der Waals surface area contributed by atoms with Crippen LogP contribution in [0.25, 0.3) is 0 Å². The highest BCUT2D eigenvalue weighted by Gasteiger charge is 2.43. The van der Waals surface area contributed by atoms with Gasteiger partial charge in [0.05, 0.1) is 0 Å². The van der Waals surface area contributed by atoms with Gasteiger partial charge in [-0.3, -0.25) is 4.79 Å². The summed E-state index contributed by atoms with van der Waals surface area (Å²) >= 11 is 1.82. The molecule has 0 aliphatic carbocycles. The number of ether oxygens (including phenoxy) is 1. The first kappa shape index (κ1) is 17.3. The molecule has 5 heteroatoms. The van der Waals surface area contributed by atoms with Crippen molar-refractivity contribution in [2.75, 3.05) is 13.1 Å². The number of fused-ring (bicyclic) bond motifs is 1. The van der Waals surface area contributed by atoms with Crippen LogP contribution in [0.1, 0.15) is 56.0 Å². The Bertz CT molecular complexity index is 670. The fourth-order valence-electron chi connectivity index (χ4n) is 3.31. The average molecular weight is 347 g/mol. The summed E-state index contributed by atoms with van der Waals surface area (Å²) < 4.78 is 5.39. The molecule has 0 unspecified atom stereocenters. The van der Waals surface area contributed by atoms with Crippen LogP contribution in [-0.4, -0.2) is 40.2 Å². The van der Waals surface area contributed by atoms with E-state index in [2.05, 4.69) is 12.1 Å². The number of ketones is 1. The van der Waals surface area contributed by atoms with E-state index in [1.165, 1.54) is 0 Å². The van der Waals surface area contributed by atoms with Crippen molar-refractivity contribution in [2.24, 2.45) is 0 Å². The van der Waals surface area contributed by atoms with E-state index in [0.29, 0.717) is 19.5 Å². The van der Waals surface area contributed by atoms with E-state index in [4.69, 9.17) is 4.74 Å². The van der Waals surface area contributed by atoms with Gasteiger partial charge in [0.1, 0.15) is 5.60 Å². The van der Waals surface area contributed by atoms with E-state index in [1.54, 1.807) is 4.90 Å². The zero-order valence-electron chi connectivity index (χ0n) is 14.8. The highest BCUT2D eigenvalue weighted by molar-refractivity contribution is 8.01. The van der Waals surface area contributed by atoms with E-state index >= 15 is 0 Å². The summed E-state index contributed by atoms with van der Waals surface area (Å²) in [7, 11) is 0. The van der Waals surface area contributed by atoms with Gasteiger partial charge < -0.3 is 9.64 Å². The molecule has 1 saturated heterocycles. The lowest BCUT2D eigenvalue weighted by molar-refractivity contribution is 0.0196. The lowest BCUT2D eigenvalue weighted by Gasteiger charge is -2.43. The van der Waals surface area contributed by atoms with Crippen molar-refractivity contribution >= 4 is 23.6 Å². The molecule has 2 heterocycles. The molecule has 2 aliphatic rings. The van der Waals surface area contributed by atoms with Crippen molar-refractivity contribution in [2.45, 2.75) is 62.2 Å². The predicted octanol–water partition coefficient (Wildman–Crippen LogP) is 4.44. The fraction of sp³-hybridized carbons (Fsp3) is 0.579. The number of piperidine rings is 1. The molecule has 1 fully saturated rings. The van der Waals surface area contributed by atoms with Gasteiger partial charge in [-0.15, -0.1) is 11.8 Å². The molecule has 0 saturated carbocycles. The Morgan fingerprint density at radius 2 is 1.92 bits per heavy atom. The van der Waals surface area contributed by atoms with Crippen LogP contribution in [0.2, 0.25) is 0 Å². The van der Waals surface area contributed by atoms with Gasteiger partial charge >= 0.3 is 6.09 Å². The number of Topliss-reactive ketones (excluding diaryl/α,β-unsaturated/α-hetero) is 1. The predicted molar refractivity (Wildman–Crippen MR) is 95.8 cm³/mol. The minimum Gasteiger partial charge on any atom is -0.444 e. The van der Waals surface area contributed by atoms with Crippen molar-refractivity contribution < 1.29 is 14.3 Å². The van der Waals surface area contributed by atoms with Gasteiger partial charge in [0.25, 0.3) is 0 Å². The van der Waals surface area contributed by atoms with Crippen LogP contribution in [0.4, 0.5) is 4.79 Å². The quantitative estimate of drug-likeness (QED) is 0.696. The van der Waals surface area contributed by atoms with E-state index in [-0.39, 0.29) is 16.6 Å². The van der Waals surface area contributed by atoms with Gasteiger partial charge in [-0.25, -0.2) is 4.79 Å². The summed E-state index contributed by atoms with van der Waals surface area (Å²) in [5.41, 5.74) is 1.51. The summed E-state index contributed by atoms with van der Waals surface area (Å²) in [6.45, 7) is 8.95. The highest BCUT2D eigenvalue weighted by Crippen LogP contribution is 2.49. The Labute approximate surface area is 147 Å². The summed E-state index contributed by atoms with van der Waals surface area (Å²) in [6, 6.07) is 6.12. The second kappa shape index (κ2) is 6.10. The number of carbonyl (C=O) groups excluding carboxylic acids is 2. The molecule has 0 atom stereocenters. The minimum absolute atomic E-state index is 0.0716. The largest absolute Gasteiger partial charge is 0.444 e. The smallest absolute Gasteiger partial charge is 0.410 e. The van der Waals surface area contributed by atoms with Gasteiger partial charge in [0.15, 0.2) is 5.78 Å². The zero-order chi connectivity index (χ0) is 17.5. The van der Waals surface area contributed by atoms with Gasteiger partial charge in [-0.05, 0) is 52.7 Å². The molecule has 1 aromatic rings. The molecule has 0 radical (unpaired) electrons. The molecule has 0 N–H and O–H groups in total. The Balaban J connectivity index is 1.69. The Hall–Kier alpha value is -1.49. The summed E-state index contributed by atoms with van der Waals surface area (Å²) in [5, 5.41) is 0. The second-order valence-corrected chi connectivity index (χ2v) is 9.36. The van der Waals surface area contributed by atoms with Gasteiger partial charge in [-0.1, -0.05) is 11.6 Å². The third-order valence-electron chi connectivity index (χ3n) is 4.57. The number of hydrogen-bond acceptors (Lipinski definition) is 4. The maximum absolute atomic E-state index is 12.6. The number of thioether (sulfide) groups is 1. The van der Waals surface area contributed by atoms with Crippen molar-refractivity contribution in [1.82, 2.24) is 4.90 Å². The van der Waals surface area contributed by atoms with Gasteiger partial charge in [0.2, 0.25) is 0 Å². The average Bonchev–Trinajstić information content (AvgIpc) is 2.47. The Morgan fingerprint density at radius 3 is 2.54 bits per heavy atom. The van der Waals surface area contributed by atoms with Gasteiger partial charge in [0, 0.05) is 34.7 Å². The number of benzene rings is 1. The minimum atomic E-state index is -0.474. The van der Waals surface area contributed by atoms with Crippen LogP contribution >= 0.6 is 11.8 Å². The monoisotopic (exact) mass is 347 g/mol. The van der Waals surface area contributed by atoms with Crippen LogP contribution in [0.15, 0.2) is 23.1 Å². The number of nitrogens with zero attached hydrogens (tertiary/aromatic N) is 1. The molecule has 2 aliphatic heterocycles. The molecular weight excluding hydrogens is 322 g/mol. The Morgan fingerprint density at radius 1 is 1.25 bits per heavy atom. The number of amides is 1. The lowest BCUT2D eigenvalue weighted by atomic mass is 9.88. The molecule has 0 bridgehead atoms. The van der Waals surface area contributed by atoms with E-state index in [1.807, 2.05) is 45.5 Å². The van der Waals surface area contributed by atoms with E-state index in [0.717, 1.165) is 28.9 Å². The molecular formula is C19H25NO3S. The van der Waals surface area contributed by atoms with Crippen LogP contribution in [-0.2, 0) is 4.74 Å². The summed E-state index contributed by atoms with van der Waals surface area (Å²) in [4.78, 5) is 27.7. The first-order chi connectivity index (χ1) is 11.2. The van der Waals surface area contributed by atoms with Crippen LogP contribution in [0.3, 0.4) is 0 Å². The maximum Gasteiger partial charge on any atom is 0.410 e. The second-order valence-electron chi connectivity index (χ2n) is 7.85. The van der Waals surface area contributed by atoms with Crippen LogP contribution in [0.5, 0.6) is 0 Å². The molecule has 1 amide bonds. The normalized spacial score (nSPS) is 20.0. The lowest BCUT2D eigenvalue weighted by Crippen LogP contribution is -2.48. The summed E-state index contributed by atoms with van der Waals surface area (Å²) in [6.07, 6.45) is 1.97. The van der Waals surface area contributed by atoms with Crippen LogP contribution < -0.4 is 0 Å². The van der Waals surface area contributed by atoms with Gasteiger partial charge in [-0.2, -0.15) is 0 Å². The number of aryl methyl sites for hydroxylation is 1. The number of likely N-dealkylation sites (tertiary alicyclic amines) is 1. The number of hydrogen-bond donors (Lipinski definition) is 0. The maximum atomic E-state index is 12.6. The summed E-state index contributed by atoms with van der Waals surface area (Å²) in [5.74, 6) is 0.234. The molecule has 1 aromatic carbocycles. The topological polar surface area (TPSA) is 46.6 Å². The van der Waals surface area contributed by atoms with Crippen molar-refractivity contribution in [1.29, 1.82) is 0 Å². The third kappa shape index (κ3) is 3.61. The van der Waals surface area contributed by atoms with Crippen molar-refractivity contribution in [3.8, 4) is 0 Å². The van der Waals surface area contributed by atoms with Crippen LogP contribution in [0, 0.1) is 6.92 Å².